The smallest absolute Gasteiger partial charge is 0.253 e. The average molecular weight is 478 g/mol. The van der Waals surface area contributed by atoms with Crippen molar-refractivity contribution in [2.24, 2.45) is 0 Å². The Balaban J connectivity index is 1.22. The summed E-state index contributed by atoms with van der Waals surface area (Å²) in [5, 5.41) is 2.91. The van der Waals surface area contributed by atoms with E-state index in [4.69, 9.17) is 19.2 Å². The van der Waals surface area contributed by atoms with Gasteiger partial charge in [-0.05, 0) is 24.3 Å². The molecule has 6 rings (SSSR count). The van der Waals surface area contributed by atoms with Crippen LogP contribution in [-0.2, 0) is 14.3 Å². The predicted molar refractivity (Wildman–Crippen MR) is 129 cm³/mol. The zero-order chi connectivity index (χ0) is 23.8. The number of ether oxygens (including phenoxy) is 3. The van der Waals surface area contributed by atoms with Crippen molar-refractivity contribution < 1.29 is 23.8 Å². The number of morpholine rings is 1. The number of hydrogen-bond acceptors (Lipinski definition) is 7. The molecule has 3 aliphatic heterocycles. The summed E-state index contributed by atoms with van der Waals surface area (Å²) in [6.45, 7) is 5.32. The normalized spacial score (nSPS) is 19.7. The van der Waals surface area contributed by atoms with Gasteiger partial charge in [0.05, 0.1) is 30.7 Å². The first-order chi connectivity index (χ1) is 17.2. The minimum Gasteiger partial charge on any atom is -0.486 e. The molecule has 0 spiro atoms. The molecule has 1 unspecified atom stereocenters. The second kappa shape index (κ2) is 9.20. The van der Waals surface area contributed by atoms with Crippen LogP contribution < -0.4 is 19.7 Å². The summed E-state index contributed by atoms with van der Waals surface area (Å²) in [5.41, 5.74) is 2.26. The molecule has 1 aromatic heterocycles. The van der Waals surface area contributed by atoms with Gasteiger partial charge in [-0.3, -0.25) is 24.0 Å². The summed E-state index contributed by atoms with van der Waals surface area (Å²) >= 11 is 0. The molecule has 3 aliphatic rings. The lowest BCUT2D eigenvalue weighted by Crippen LogP contribution is -2.42. The number of anilines is 2. The molecule has 0 saturated carbocycles. The van der Waals surface area contributed by atoms with Crippen LogP contribution in [0.3, 0.4) is 0 Å². The van der Waals surface area contributed by atoms with Crippen LogP contribution in [0.4, 0.5) is 11.6 Å². The van der Waals surface area contributed by atoms with Crippen LogP contribution in [0.25, 0.3) is 11.0 Å². The van der Waals surface area contributed by atoms with Crippen LogP contribution >= 0.6 is 0 Å². The fourth-order valence-corrected chi connectivity index (χ4v) is 4.88. The van der Waals surface area contributed by atoms with Crippen LogP contribution in [-0.4, -0.2) is 78.9 Å². The molecule has 1 fully saturated rings. The van der Waals surface area contributed by atoms with Gasteiger partial charge in [0.2, 0.25) is 11.9 Å². The molecule has 4 heterocycles. The van der Waals surface area contributed by atoms with Crippen molar-refractivity contribution in [2.45, 2.75) is 12.5 Å². The van der Waals surface area contributed by atoms with Gasteiger partial charge in [-0.15, -0.1) is 0 Å². The van der Waals surface area contributed by atoms with E-state index in [-0.39, 0.29) is 18.2 Å². The van der Waals surface area contributed by atoms with Gasteiger partial charge in [-0.2, -0.15) is 0 Å². The minimum absolute atomic E-state index is 0.00861. The van der Waals surface area contributed by atoms with E-state index in [9.17, 15) is 9.59 Å². The fraction of sp³-hybridized carbons (Fsp3) is 0.400. The van der Waals surface area contributed by atoms with E-state index in [1.807, 2.05) is 28.8 Å². The standard InChI is InChI=1S/C25H27N5O5/c31-23(26-17-5-6-21-22(15-17)35-14-13-34-21)16-20-24(32)29(8-7-28-9-11-33-12-10-28)25-27-18-3-1-2-4-19(18)30(20)25/h1-6,15,20H,7-14,16H2,(H,26,31). The van der Waals surface area contributed by atoms with Crippen molar-refractivity contribution in [2.75, 3.05) is 62.8 Å². The number of hydrogen-bond donors (Lipinski definition) is 1. The molecule has 1 N–H and O–H groups in total. The molecule has 3 aromatic rings. The van der Waals surface area contributed by atoms with Crippen LogP contribution in [0.2, 0.25) is 0 Å². The first-order valence-electron chi connectivity index (χ1n) is 12.0. The molecule has 35 heavy (non-hydrogen) atoms. The summed E-state index contributed by atoms with van der Waals surface area (Å²) in [7, 11) is 0. The van der Waals surface area contributed by atoms with Crippen molar-refractivity contribution in [3.63, 3.8) is 0 Å². The van der Waals surface area contributed by atoms with E-state index in [1.54, 1.807) is 23.1 Å². The van der Waals surface area contributed by atoms with Gasteiger partial charge in [0.15, 0.2) is 11.5 Å². The molecule has 0 bridgehead atoms. The van der Waals surface area contributed by atoms with Gasteiger partial charge < -0.3 is 19.5 Å². The highest BCUT2D eigenvalue weighted by atomic mass is 16.6. The molecule has 1 atom stereocenters. The minimum atomic E-state index is -0.653. The Morgan fingerprint density at radius 1 is 1.00 bits per heavy atom. The van der Waals surface area contributed by atoms with Gasteiger partial charge in [0, 0.05) is 37.9 Å². The lowest BCUT2D eigenvalue weighted by Gasteiger charge is -2.28. The SMILES string of the molecule is O=C(CC1C(=O)N(CCN2CCOCC2)c2nc3ccccc3n21)Nc1ccc2c(c1)OCCO2. The van der Waals surface area contributed by atoms with Crippen molar-refractivity contribution >= 4 is 34.5 Å². The van der Waals surface area contributed by atoms with Crippen molar-refractivity contribution in [3.8, 4) is 11.5 Å². The number of amides is 2. The van der Waals surface area contributed by atoms with Gasteiger partial charge in [0.1, 0.15) is 19.3 Å². The first kappa shape index (κ1) is 21.9. The monoisotopic (exact) mass is 477 g/mol. The number of imidazole rings is 1. The van der Waals surface area contributed by atoms with E-state index in [0.29, 0.717) is 56.1 Å². The zero-order valence-corrected chi connectivity index (χ0v) is 19.3. The molecule has 2 amide bonds. The Morgan fingerprint density at radius 3 is 2.66 bits per heavy atom. The number of rotatable bonds is 6. The topological polar surface area (TPSA) is 98.2 Å². The third-order valence-electron chi connectivity index (χ3n) is 6.63. The average Bonchev–Trinajstić information content (AvgIpc) is 3.37. The third-order valence-corrected chi connectivity index (χ3v) is 6.63. The molecule has 0 aliphatic carbocycles. The number of para-hydroxylation sites is 2. The Kier molecular flexibility index (Phi) is 5.75. The highest BCUT2D eigenvalue weighted by molar-refractivity contribution is 6.05. The second-order valence-corrected chi connectivity index (χ2v) is 8.84. The maximum absolute atomic E-state index is 13.5. The van der Waals surface area contributed by atoms with E-state index in [1.165, 1.54) is 0 Å². The Labute approximate surface area is 202 Å². The van der Waals surface area contributed by atoms with Gasteiger partial charge in [-0.25, -0.2) is 4.98 Å². The van der Waals surface area contributed by atoms with Crippen LogP contribution in [0.5, 0.6) is 11.5 Å². The summed E-state index contributed by atoms with van der Waals surface area (Å²) in [6.07, 6.45) is 0.00861. The summed E-state index contributed by atoms with van der Waals surface area (Å²) < 4.78 is 18.5. The molecule has 182 valence electrons. The molecular weight excluding hydrogens is 450 g/mol. The lowest BCUT2D eigenvalue weighted by molar-refractivity contribution is -0.124. The summed E-state index contributed by atoms with van der Waals surface area (Å²) in [6, 6.07) is 12.4. The number of benzene rings is 2. The van der Waals surface area contributed by atoms with E-state index < -0.39 is 6.04 Å². The third kappa shape index (κ3) is 4.19. The molecule has 10 heteroatoms. The fourth-order valence-electron chi connectivity index (χ4n) is 4.88. The Hall–Kier alpha value is -3.63. The second-order valence-electron chi connectivity index (χ2n) is 8.84. The zero-order valence-electron chi connectivity index (χ0n) is 19.3. The van der Waals surface area contributed by atoms with Crippen molar-refractivity contribution in [1.29, 1.82) is 0 Å². The van der Waals surface area contributed by atoms with E-state index in [2.05, 4.69) is 10.2 Å². The number of aromatic nitrogens is 2. The molecular formula is C25H27N5O5. The van der Waals surface area contributed by atoms with E-state index >= 15 is 0 Å². The van der Waals surface area contributed by atoms with Crippen LogP contribution in [0.15, 0.2) is 42.5 Å². The highest BCUT2D eigenvalue weighted by Crippen LogP contribution is 2.37. The molecule has 2 aromatic carbocycles. The van der Waals surface area contributed by atoms with Gasteiger partial charge in [-0.1, -0.05) is 12.1 Å². The first-order valence-corrected chi connectivity index (χ1v) is 12.0. The van der Waals surface area contributed by atoms with Crippen LogP contribution in [0, 0.1) is 0 Å². The van der Waals surface area contributed by atoms with Gasteiger partial charge in [0.25, 0.3) is 5.91 Å². The largest absolute Gasteiger partial charge is 0.486 e. The Bertz CT molecular complexity index is 1270. The van der Waals surface area contributed by atoms with Crippen LogP contribution in [0.1, 0.15) is 12.5 Å². The quantitative estimate of drug-likeness (QED) is 0.580. The highest BCUT2D eigenvalue weighted by Gasteiger charge is 2.41. The number of nitrogens with zero attached hydrogens (tertiary/aromatic N) is 4. The van der Waals surface area contributed by atoms with Crippen molar-refractivity contribution in [1.82, 2.24) is 14.5 Å². The number of fused-ring (bicyclic) bond motifs is 4. The van der Waals surface area contributed by atoms with Crippen molar-refractivity contribution in [3.05, 3.63) is 42.5 Å². The molecule has 1 saturated heterocycles. The summed E-state index contributed by atoms with van der Waals surface area (Å²) in [5.74, 6) is 1.50. The number of carbonyl (C=O) groups excluding carboxylic acids is 2. The number of nitrogens with one attached hydrogen (secondary N) is 1. The maximum Gasteiger partial charge on any atom is 0.253 e. The van der Waals surface area contributed by atoms with Gasteiger partial charge >= 0.3 is 0 Å². The number of carbonyl (C=O) groups is 2. The lowest BCUT2D eigenvalue weighted by atomic mass is 10.1. The molecule has 0 radical (unpaired) electrons. The predicted octanol–water partition coefficient (Wildman–Crippen LogP) is 2.06. The summed E-state index contributed by atoms with van der Waals surface area (Å²) in [4.78, 5) is 35.3. The molecule has 10 nitrogen and oxygen atoms in total. The van der Waals surface area contributed by atoms with E-state index in [0.717, 1.165) is 30.7 Å². The Morgan fingerprint density at radius 2 is 1.80 bits per heavy atom. The maximum atomic E-state index is 13.5.